The highest BCUT2D eigenvalue weighted by Crippen LogP contribution is 2.23. The molecule has 0 aliphatic rings. The van der Waals surface area contributed by atoms with Gasteiger partial charge < -0.3 is 5.73 Å². The molecule has 1 aromatic carbocycles. The molecular formula is C10H11ClN2OS. The third-order valence-electron chi connectivity index (χ3n) is 1.96. The van der Waals surface area contributed by atoms with E-state index in [0.29, 0.717) is 22.0 Å². The van der Waals surface area contributed by atoms with Crippen molar-refractivity contribution >= 4 is 28.1 Å². The van der Waals surface area contributed by atoms with Crippen molar-refractivity contribution < 1.29 is 4.21 Å². The van der Waals surface area contributed by atoms with Crippen molar-refractivity contribution in [3.8, 4) is 6.07 Å². The zero-order valence-corrected chi connectivity index (χ0v) is 9.81. The molecule has 80 valence electrons. The molecule has 0 fully saturated rings. The van der Waals surface area contributed by atoms with Crippen LogP contribution in [0.3, 0.4) is 0 Å². The lowest BCUT2D eigenvalue weighted by Gasteiger charge is -2.09. The van der Waals surface area contributed by atoms with Gasteiger partial charge >= 0.3 is 0 Å². The lowest BCUT2D eigenvalue weighted by atomic mass is 10.3. The van der Waals surface area contributed by atoms with Crippen molar-refractivity contribution in [2.45, 2.75) is 23.5 Å². The van der Waals surface area contributed by atoms with Gasteiger partial charge in [0.1, 0.15) is 5.25 Å². The van der Waals surface area contributed by atoms with Crippen LogP contribution in [-0.4, -0.2) is 9.46 Å². The van der Waals surface area contributed by atoms with Crippen LogP contribution in [0.5, 0.6) is 0 Å². The maximum absolute atomic E-state index is 11.9. The molecule has 0 spiro atoms. The Kier molecular flexibility index (Phi) is 4.13. The molecule has 0 saturated carbocycles. The number of nitrogens with two attached hydrogens (primary N) is 1. The number of nitrogen functional groups attached to an aromatic ring is 1. The second-order valence-corrected chi connectivity index (χ2v) is 5.05. The smallest absolute Gasteiger partial charge is 0.126 e. The molecule has 0 aliphatic carbocycles. The van der Waals surface area contributed by atoms with Crippen molar-refractivity contribution in [2.24, 2.45) is 0 Å². The summed E-state index contributed by atoms with van der Waals surface area (Å²) in [6, 6.07) is 6.77. The third kappa shape index (κ3) is 2.71. The monoisotopic (exact) mass is 242 g/mol. The summed E-state index contributed by atoms with van der Waals surface area (Å²) in [5.41, 5.74) is 6.05. The number of halogens is 1. The highest BCUT2D eigenvalue weighted by molar-refractivity contribution is 7.86. The van der Waals surface area contributed by atoms with E-state index in [4.69, 9.17) is 22.6 Å². The third-order valence-corrected chi connectivity index (χ3v) is 3.96. The van der Waals surface area contributed by atoms with Gasteiger partial charge in [-0.2, -0.15) is 5.26 Å². The Morgan fingerprint density at radius 2 is 2.33 bits per heavy atom. The summed E-state index contributed by atoms with van der Waals surface area (Å²) in [7, 11) is -1.39. The highest BCUT2D eigenvalue weighted by Gasteiger charge is 2.17. The molecule has 0 bridgehead atoms. The zero-order chi connectivity index (χ0) is 11.4. The van der Waals surface area contributed by atoms with E-state index in [1.165, 1.54) is 0 Å². The van der Waals surface area contributed by atoms with Gasteiger partial charge in [-0.05, 0) is 24.6 Å². The molecule has 15 heavy (non-hydrogen) atoms. The summed E-state index contributed by atoms with van der Waals surface area (Å²) in [4.78, 5) is 0.479. The molecular weight excluding hydrogens is 232 g/mol. The maximum atomic E-state index is 11.9. The number of nitrogens with zero attached hydrogens (tertiary/aromatic N) is 1. The van der Waals surface area contributed by atoms with E-state index in [0.717, 1.165) is 0 Å². The molecule has 0 amide bonds. The van der Waals surface area contributed by atoms with E-state index < -0.39 is 16.0 Å². The molecule has 2 atom stereocenters. The molecule has 0 heterocycles. The highest BCUT2D eigenvalue weighted by atomic mass is 35.5. The van der Waals surface area contributed by atoms with Gasteiger partial charge in [-0.3, -0.25) is 4.21 Å². The zero-order valence-electron chi connectivity index (χ0n) is 8.24. The van der Waals surface area contributed by atoms with Gasteiger partial charge in [0.05, 0.1) is 21.8 Å². The van der Waals surface area contributed by atoms with E-state index in [1.807, 2.05) is 13.0 Å². The molecule has 0 aromatic heterocycles. The van der Waals surface area contributed by atoms with E-state index >= 15 is 0 Å². The van der Waals surface area contributed by atoms with Crippen LogP contribution in [-0.2, 0) is 10.8 Å². The molecule has 0 aliphatic heterocycles. The summed E-state index contributed by atoms with van der Waals surface area (Å²) in [5, 5.41) is 8.77. The molecule has 2 unspecified atom stereocenters. The van der Waals surface area contributed by atoms with Crippen LogP contribution in [0.1, 0.15) is 13.3 Å². The minimum atomic E-state index is -1.39. The first-order valence-corrected chi connectivity index (χ1v) is 6.04. The fourth-order valence-corrected chi connectivity index (χ4v) is 2.53. The first kappa shape index (κ1) is 12.0. The van der Waals surface area contributed by atoms with Crippen molar-refractivity contribution in [3.05, 3.63) is 23.2 Å². The summed E-state index contributed by atoms with van der Waals surface area (Å²) in [5.74, 6) is 0. The number of anilines is 1. The topological polar surface area (TPSA) is 66.9 Å². The van der Waals surface area contributed by atoms with Gasteiger partial charge in [0.25, 0.3) is 0 Å². The normalized spacial score (nSPS) is 14.2. The fourth-order valence-electron chi connectivity index (χ4n) is 1.15. The minimum absolute atomic E-state index is 0.370. The Balaban J connectivity index is 3.07. The average Bonchev–Trinajstić information content (AvgIpc) is 2.19. The molecule has 3 nitrogen and oxygen atoms in total. The van der Waals surface area contributed by atoms with Crippen LogP contribution < -0.4 is 5.73 Å². The standard InChI is InChI=1S/C10H11ClN2OS/c1-2-8(6-12)15(14)10-4-3-7(11)5-9(10)13/h3-5,8H,2,13H2,1H3. The van der Waals surface area contributed by atoms with Crippen LogP contribution in [0.25, 0.3) is 0 Å². The van der Waals surface area contributed by atoms with Gasteiger partial charge in [0.15, 0.2) is 0 Å². The van der Waals surface area contributed by atoms with Crippen LogP contribution in [0.2, 0.25) is 5.02 Å². The minimum Gasteiger partial charge on any atom is -0.398 e. The molecule has 1 rings (SSSR count). The van der Waals surface area contributed by atoms with Crippen molar-refractivity contribution in [3.63, 3.8) is 0 Å². The number of hydrogen-bond donors (Lipinski definition) is 1. The number of benzene rings is 1. The van der Waals surface area contributed by atoms with Crippen LogP contribution in [0.15, 0.2) is 23.1 Å². The molecule has 0 radical (unpaired) electrons. The van der Waals surface area contributed by atoms with Crippen molar-refractivity contribution in [2.75, 3.05) is 5.73 Å². The average molecular weight is 243 g/mol. The molecule has 0 saturated heterocycles. The van der Waals surface area contributed by atoms with E-state index in [-0.39, 0.29) is 0 Å². The number of hydrogen-bond acceptors (Lipinski definition) is 3. The molecule has 5 heteroatoms. The van der Waals surface area contributed by atoms with Gasteiger partial charge in [-0.25, -0.2) is 0 Å². The first-order valence-electron chi connectivity index (χ1n) is 4.45. The lowest BCUT2D eigenvalue weighted by Crippen LogP contribution is -2.13. The lowest BCUT2D eigenvalue weighted by molar-refractivity contribution is 0.676. The predicted octanol–water partition coefficient (Wildman–Crippen LogP) is 2.33. The van der Waals surface area contributed by atoms with Crippen LogP contribution >= 0.6 is 11.6 Å². The van der Waals surface area contributed by atoms with Gasteiger partial charge in [0.2, 0.25) is 0 Å². The van der Waals surface area contributed by atoms with E-state index in [1.54, 1.807) is 18.2 Å². The Bertz CT molecular complexity index is 428. The number of rotatable bonds is 3. The Hall–Kier alpha value is -1.05. The van der Waals surface area contributed by atoms with Crippen molar-refractivity contribution in [1.29, 1.82) is 5.26 Å². The summed E-state index contributed by atoms with van der Waals surface area (Å²) < 4.78 is 11.9. The summed E-state index contributed by atoms with van der Waals surface area (Å²) in [6.45, 7) is 1.82. The molecule has 2 N–H and O–H groups in total. The SMILES string of the molecule is CCC(C#N)S(=O)c1ccc(Cl)cc1N. The quantitative estimate of drug-likeness (QED) is 0.828. The van der Waals surface area contributed by atoms with Crippen molar-refractivity contribution in [1.82, 2.24) is 0 Å². The van der Waals surface area contributed by atoms with Crippen LogP contribution in [0, 0.1) is 11.3 Å². The van der Waals surface area contributed by atoms with Gasteiger partial charge in [-0.1, -0.05) is 18.5 Å². The maximum Gasteiger partial charge on any atom is 0.126 e. The van der Waals surface area contributed by atoms with Crippen LogP contribution in [0.4, 0.5) is 5.69 Å². The first-order chi connectivity index (χ1) is 7.10. The summed E-state index contributed by atoms with van der Waals surface area (Å²) >= 11 is 5.72. The Morgan fingerprint density at radius 3 is 2.80 bits per heavy atom. The molecule has 1 aromatic rings. The second kappa shape index (κ2) is 5.15. The number of nitriles is 1. The summed E-state index contributed by atoms with van der Waals surface area (Å²) in [6.07, 6.45) is 0.533. The largest absolute Gasteiger partial charge is 0.398 e. The Morgan fingerprint density at radius 1 is 1.67 bits per heavy atom. The second-order valence-electron chi connectivity index (χ2n) is 3.01. The van der Waals surface area contributed by atoms with Gasteiger partial charge in [-0.15, -0.1) is 0 Å². The van der Waals surface area contributed by atoms with Gasteiger partial charge in [0, 0.05) is 10.7 Å². The Labute approximate surface area is 96.3 Å². The predicted molar refractivity (Wildman–Crippen MR) is 62.0 cm³/mol. The fraction of sp³-hybridized carbons (Fsp3) is 0.300. The van der Waals surface area contributed by atoms with E-state index in [9.17, 15) is 4.21 Å². The van der Waals surface area contributed by atoms with E-state index in [2.05, 4.69) is 0 Å².